The fourth-order valence-electron chi connectivity index (χ4n) is 1.99. The van der Waals surface area contributed by atoms with Gasteiger partial charge in [-0.1, -0.05) is 13.8 Å². The standard InChI is InChI=1S/C14H27N3O2/c1-5-19-10-14(12(2)3)17-11-16-9-13(17)8-15-6-7-18-4/h9,11-12,14-15H,5-8,10H2,1-4H3. The van der Waals surface area contributed by atoms with E-state index in [0.717, 1.165) is 32.9 Å². The number of hydrogen-bond donors (Lipinski definition) is 1. The van der Waals surface area contributed by atoms with Gasteiger partial charge in [0.25, 0.3) is 0 Å². The van der Waals surface area contributed by atoms with Crippen molar-refractivity contribution in [2.45, 2.75) is 33.4 Å². The largest absolute Gasteiger partial charge is 0.383 e. The fraction of sp³-hybridized carbons (Fsp3) is 0.786. The van der Waals surface area contributed by atoms with Crippen LogP contribution in [0.5, 0.6) is 0 Å². The Morgan fingerprint density at radius 1 is 1.42 bits per heavy atom. The van der Waals surface area contributed by atoms with Crippen molar-refractivity contribution < 1.29 is 9.47 Å². The number of ether oxygens (including phenoxy) is 2. The van der Waals surface area contributed by atoms with Gasteiger partial charge in [-0.2, -0.15) is 0 Å². The molecule has 5 nitrogen and oxygen atoms in total. The molecule has 1 unspecified atom stereocenters. The van der Waals surface area contributed by atoms with Crippen LogP contribution in [-0.4, -0.2) is 43.0 Å². The number of hydrogen-bond acceptors (Lipinski definition) is 4. The van der Waals surface area contributed by atoms with E-state index in [1.54, 1.807) is 7.11 Å². The highest BCUT2D eigenvalue weighted by molar-refractivity contribution is 5.00. The van der Waals surface area contributed by atoms with Crippen molar-refractivity contribution in [1.82, 2.24) is 14.9 Å². The predicted octanol–water partition coefficient (Wildman–Crippen LogP) is 1.85. The monoisotopic (exact) mass is 269 g/mol. The van der Waals surface area contributed by atoms with Gasteiger partial charge in [0.1, 0.15) is 0 Å². The van der Waals surface area contributed by atoms with Gasteiger partial charge in [-0.25, -0.2) is 4.98 Å². The van der Waals surface area contributed by atoms with Gasteiger partial charge < -0.3 is 19.4 Å². The first-order valence-corrected chi connectivity index (χ1v) is 6.98. The maximum absolute atomic E-state index is 5.59. The van der Waals surface area contributed by atoms with Crippen LogP contribution < -0.4 is 5.32 Å². The second-order valence-electron chi connectivity index (χ2n) is 4.93. The average molecular weight is 269 g/mol. The molecule has 0 aromatic carbocycles. The minimum atomic E-state index is 0.335. The first-order valence-electron chi connectivity index (χ1n) is 6.98. The Balaban J connectivity index is 2.61. The minimum absolute atomic E-state index is 0.335. The van der Waals surface area contributed by atoms with Crippen LogP contribution in [0.25, 0.3) is 0 Å². The zero-order valence-electron chi connectivity index (χ0n) is 12.6. The summed E-state index contributed by atoms with van der Waals surface area (Å²) >= 11 is 0. The van der Waals surface area contributed by atoms with Gasteiger partial charge in [0.2, 0.25) is 0 Å². The summed E-state index contributed by atoms with van der Waals surface area (Å²) in [6.07, 6.45) is 3.82. The molecule has 1 N–H and O–H groups in total. The summed E-state index contributed by atoms with van der Waals surface area (Å²) in [4.78, 5) is 4.27. The molecule has 0 radical (unpaired) electrons. The Morgan fingerprint density at radius 3 is 2.84 bits per heavy atom. The minimum Gasteiger partial charge on any atom is -0.383 e. The molecule has 5 heteroatoms. The zero-order valence-corrected chi connectivity index (χ0v) is 12.6. The summed E-state index contributed by atoms with van der Waals surface area (Å²) in [7, 11) is 1.71. The second kappa shape index (κ2) is 9.07. The fourth-order valence-corrected chi connectivity index (χ4v) is 1.99. The van der Waals surface area contributed by atoms with E-state index in [4.69, 9.17) is 9.47 Å². The van der Waals surface area contributed by atoms with Crippen molar-refractivity contribution in [3.05, 3.63) is 18.2 Å². The van der Waals surface area contributed by atoms with Crippen LogP contribution in [0, 0.1) is 5.92 Å². The van der Waals surface area contributed by atoms with Crippen molar-refractivity contribution in [3.63, 3.8) is 0 Å². The van der Waals surface area contributed by atoms with E-state index in [-0.39, 0.29) is 0 Å². The Hall–Kier alpha value is -0.910. The lowest BCUT2D eigenvalue weighted by Gasteiger charge is -2.24. The summed E-state index contributed by atoms with van der Waals surface area (Å²) in [6.45, 7) is 10.3. The third-order valence-corrected chi connectivity index (χ3v) is 3.15. The molecular formula is C14H27N3O2. The predicted molar refractivity (Wildman–Crippen MR) is 76.2 cm³/mol. The van der Waals surface area contributed by atoms with Gasteiger partial charge >= 0.3 is 0 Å². The van der Waals surface area contributed by atoms with Gasteiger partial charge in [-0.05, 0) is 12.8 Å². The quantitative estimate of drug-likeness (QED) is 0.659. The molecule has 0 saturated carbocycles. The Morgan fingerprint density at radius 2 is 2.21 bits per heavy atom. The molecule has 0 fully saturated rings. The molecule has 0 amide bonds. The van der Waals surface area contributed by atoms with Crippen LogP contribution in [0.4, 0.5) is 0 Å². The number of aromatic nitrogens is 2. The van der Waals surface area contributed by atoms with E-state index in [2.05, 4.69) is 28.7 Å². The molecule has 1 aromatic rings. The number of imidazole rings is 1. The van der Waals surface area contributed by atoms with Crippen molar-refractivity contribution in [3.8, 4) is 0 Å². The van der Waals surface area contributed by atoms with Crippen LogP contribution >= 0.6 is 0 Å². The van der Waals surface area contributed by atoms with Crippen LogP contribution in [0.15, 0.2) is 12.5 Å². The van der Waals surface area contributed by atoms with Crippen LogP contribution in [0.1, 0.15) is 32.5 Å². The SMILES string of the molecule is CCOCC(C(C)C)n1cncc1CNCCOC. The Bertz CT molecular complexity index is 339. The highest BCUT2D eigenvalue weighted by Gasteiger charge is 2.18. The molecule has 0 aliphatic rings. The summed E-state index contributed by atoms with van der Waals surface area (Å²) in [6, 6.07) is 0.335. The van der Waals surface area contributed by atoms with E-state index in [1.807, 2.05) is 19.4 Å². The molecule has 1 aromatic heterocycles. The molecule has 19 heavy (non-hydrogen) atoms. The van der Waals surface area contributed by atoms with Crippen molar-refractivity contribution >= 4 is 0 Å². The van der Waals surface area contributed by atoms with Gasteiger partial charge in [-0.3, -0.25) is 0 Å². The maximum Gasteiger partial charge on any atom is 0.0952 e. The molecule has 1 atom stereocenters. The molecule has 0 spiro atoms. The van der Waals surface area contributed by atoms with Gasteiger partial charge in [0.05, 0.1) is 31.3 Å². The second-order valence-corrected chi connectivity index (χ2v) is 4.93. The molecule has 1 rings (SSSR count). The number of methoxy groups -OCH3 is 1. The van der Waals surface area contributed by atoms with E-state index < -0.39 is 0 Å². The highest BCUT2D eigenvalue weighted by Crippen LogP contribution is 2.20. The molecular weight excluding hydrogens is 242 g/mol. The van der Waals surface area contributed by atoms with Gasteiger partial charge in [0, 0.05) is 33.0 Å². The van der Waals surface area contributed by atoms with Crippen LogP contribution in [0.3, 0.4) is 0 Å². The van der Waals surface area contributed by atoms with Gasteiger partial charge in [-0.15, -0.1) is 0 Å². The third kappa shape index (κ3) is 5.30. The van der Waals surface area contributed by atoms with Crippen molar-refractivity contribution in [2.75, 3.05) is 33.5 Å². The van der Waals surface area contributed by atoms with E-state index >= 15 is 0 Å². The molecule has 0 aliphatic heterocycles. The number of nitrogens with zero attached hydrogens (tertiary/aromatic N) is 2. The van der Waals surface area contributed by atoms with Crippen LogP contribution in [-0.2, 0) is 16.0 Å². The maximum atomic E-state index is 5.59. The summed E-state index contributed by atoms with van der Waals surface area (Å²) < 4.78 is 12.8. The first kappa shape index (κ1) is 16.1. The van der Waals surface area contributed by atoms with Crippen molar-refractivity contribution in [2.24, 2.45) is 5.92 Å². The normalized spacial score (nSPS) is 13.1. The van der Waals surface area contributed by atoms with Crippen molar-refractivity contribution in [1.29, 1.82) is 0 Å². The smallest absolute Gasteiger partial charge is 0.0952 e. The van der Waals surface area contributed by atoms with Gasteiger partial charge in [0.15, 0.2) is 0 Å². The lowest BCUT2D eigenvalue weighted by Crippen LogP contribution is -2.25. The topological polar surface area (TPSA) is 48.3 Å². The number of rotatable bonds is 10. The molecule has 1 heterocycles. The molecule has 0 saturated heterocycles. The lowest BCUT2D eigenvalue weighted by atomic mass is 10.0. The first-order chi connectivity index (χ1) is 9.20. The molecule has 0 aliphatic carbocycles. The zero-order chi connectivity index (χ0) is 14.1. The van der Waals surface area contributed by atoms with E-state index in [1.165, 1.54) is 5.69 Å². The average Bonchev–Trinajstić information content (AvgIpc) is 2.83. The third-order valence-electron chi connectivity index (χ3n) is 3.15. The molecule has 0 bridgehead atoms. The highest BCUT2D eigenvalue weighted by atomic mass is 16.5. The van der Waals surface area contributed by atoms with E-state index in [9.17, 15) is 0 Å². The van der Waals surface area contributed by atoms with Crippen LogP contribution in [0.2, 0.25) is 0 Å². The summed E-state index contributed by atoms with van der Waals surface area (Å²) in [5.41, 5.74) is 1.19. The Labute approximate surface area is 116 Å². The summed E-state index contributed by atoms with van der Waals surface area (Å²) in [5.74, 6) is 0.512. The molecule has 110 valence electrons. The van der Waals surface area contributed by atoms with E-state index in [0.29, 0.717) is 12.0 Å². The number of nitrogens with one attached hydrogen (secondary N) is 1. The lowest BCUT2D eigenvalue weighted by molar-refractivity contribution is 0.0951. The Kier molecular flexibility index (Phi) is 7.70. The summed E-state index contributed by atoms with van der Waals surface area (Å²) in [5, 5.41) is 3.35.